The van der Waals surface area contributed by atoms with Gasteiger partial charge in [-0.05, 0) is 25.5 Å². The summed E-state index contributed by atoms with van der Waals surface area (Å²) in [4.78, 5) is 3.75. The van der Waals surface area contributed by atoms with Crippen LogP contribution >= 0.6 is 0 Å². The van der Waals surface area contributed by atoms with Crippen LogP contribution < -0.4 is 0 Å². The molecule has 0 amide bonds. The second-order valence-electron chi connectivity index (χ2n) is 4.07. The maximum atomic E-state index is 13.1. The van der Waals surface area contributed by atoms with Crippen LogP contribution in [0.25, 0.3) is 0 Å². The average molecular weight is 249 g/mol. The molecule has 0 aromatic carbocycles. The van der Waals surface area contributed by atoms with Crippen molar-refractivity contribution in [2.75, 3.05) is 0 Å². The zero-order valence-corrected chi connectivity index (χ0v) is 10.5. The normalized spacial score (nSPS) is 12.7. The Labute approximate surface area is 105 Å². The van der Waals surface area contributed by atoms with Gasteiger partial charge in [-0.2, -0.15) is 5.10 Å². The Bertz CT molecular complexity index is 539. The zero-order chi connectivity index (χ0) is 13.1. The van der Waals surface area contributed by atoms with Crippen molar-refractivity contribution in [3.05, 3.63) is 47.3 Å². The van der Waals surface area contributed by atoms with Crippen LogP contribution in [0.4, 0.5) is 4.39 Å². The van der Waals surface area contributed by atoms with E-state index in [1.807, 2.05) is 19.9 Å². The van der Waals surface area contributed by atoms with E-state index in [2.05, 4.69) is 10.1 Å². The van der Waals surface area contributed by atoms with E-state index in [4.69, 9.17) is 0 Å². The third-order valence-corrected chi connectivity index (χ3v) is 2.85. The highest BCUT2D eigenvalue weighted by Gasteiger charge is 2.17. The molecule has 0 aliphatic carbocycles. The van der Waals surface area contributed by atoms with Crippen LogP contribution in [0.3, 0.4) is 0 Å². The number of hydrogen-bond donors (Lipinski definition) is 1. The van der Waals surface area contributed by atoms with Gasteiger partial charge in [0.1, 0.15) is 11.9 Å². The quantitative estimate of drug-likeness (QED) is 0.902. The van der Waals surface area contributed by atoms with Crippen LogP contribution in [0.15, 0.2) is 24.5 Å². The second-order valence-corrected chi connectivity index (χ2v) is 4.07. The van der Waals surface area contributed by atoms with E-state index < -0.39 is 11.9 Å². The standard InChI is InChI=1S/C13H16FN3O/c1-3-11-6-12(17(4-2)16-11)13(18)9-5-10(14)8-15-7-9/h5-8,13,18H,3-4H2,1-2H3. The number of halogens is 1. The summed E-state index contributed by atoms with van der Waals surface area (Å²) in [5.74, 6) is -0.454. The molecular weight excluding hydrogens is 233 g/mol. The van der Waals surface area contributed by atoms with Crippen LogP contribution in [0.5, 0.6) is 0 Å². The Morgan fingerprint density at radius 3 is 2.72 bits per heavy atom. The molecule has 18 heavy (non-hydrogen) atoms. The SMILES string of the molecule is CCc1cc(C(O)c2cncc(F)c2)n(CC)n1. The van der Waals surface area contributed by atoms with Gasteiger partial charge in [-0.3, -0.25) is 9.67 Å². The molecule has 0 bridgehead atoms. The van der Waals surface area contributed by atoms with Gasteiger partial charge >= 0.3 is 0 Å². The van der Waals surface area contributed by atoms with E-state index in [9.17, 15) is 9.50 Å². The Balaban J connectivity index is 2.38. The largest absolute Gasteiger partial charge is 0.382 e. The molecule has 0 aliphatic rings. The van der Waals surface area contributed by atoms with Crippen molar-refractivity contribution in [2.24, 2.45) is 0 Å². The fourth-order valence-corrected chi connectivity index (χ4v) is 1.88. The first-order valence-corrected chi connectivity index (χ1v) is 6.00. The zero-order valence-electron chi connectivity index (χ0n) is 10.5. The molecule has 5 heteroatoms. The molecule has 1 unspecified atom stereocenters. The highest BCUT2D eigenvalue weighted by Crippen LogP contribution is 2.22. The fourth-order valence-electron chi connectivity index (χ4n) is 1.88. The van der Waals surface area contributed by atoms with E-state index in [0.717, 1.165) is 18.3 Å². The van der Waals surface area contributed by atoms with Gasteiger partial charge < -0.3 is 5.11 Å². The van der Waals surface area contributed by atoms with Crippen molar-refractivity contribution in [3.63, 3.8) is 0 Å². The third-order valence-electron chi connectivity index (χ3n) is 2.85. The molecule has 0 fully saturated rings. The number of aliphatic hydroxyl groups excluding tert-OH is 1. The lowest BCUT2D eigenvalue weighted by Gasteiger charge is -2.12. The van der Waals surface area contributed by atoms with Crippen molar-refractivity contribution in [1.82, 2.24) is 14.8 Å². The van der Waals surface area contributed by atoms with E-state index >= 15 is 0 Å². The van der Waals surface area contributed by atoms with Gasteiger partial charge in [0.25, 0.3) is 0 Å². The summed E-state index contributed by atoms with van der Waals surface area (Å²) in [6, 6.07) is 3.13. The smallest absolute Gasteiger partial charge is 0.141 e. The van der Waals surface area contributed by atoms with Crippen LogP contribution in [0, 0.1) is 5.82 Å². The van der Waals surface area contributed by atoms with Crippen LogP contribution in [-0.4, -0.2) is 19.9 Å². The minimum absolute atomic E-state index is 0.437. The molecule has 2 rings (SSSR count). The van der Waals surface area contributed by atoms with E-state index in [-0.39, 0.29) is 0 Å². The second kappa shape index (κ2) is 5.27. The monoisotopic (exact) mass is 249 g/mol. The molecule has 96 valence electrons. The first kappa shape index (κ1) is 12.7. The Kier molecular flexibility index (Phi) is 3.72. The molecule has 0 aliphatic heterocycles. The summed E-state index contributed by atoms with van der Waals surface area (Å²) >= 11 is 0. The molecule has 2 aromatic rings. The van der Waals surface area contributed by atoms with Crippen molar-refractivity contribution in [3.8, 4) is 0 Å². The predicted molar refractivity (Wildman–Crippen MR) is 65.5 cm³/mol. The number of aromatic nitrogens is 3. The predicted octanol–water partition coefficient (Wildman–Crippen LogP) is 2.08. The fraction of sp³-hybridized carbons (Fsp3) is 0.385. The molecule has 1 N–H and O–H groups in total. The summed E-state index contributed by atoms with van der Waals surface area (Å²) in [6.45, 7) is 4.61. The van der Waals surface area contributed by atoms with Gasteiger partial charge in [-0.1, -0.05) is 6.92 Å². The lowest BCUT2D eigenvalue weighted by atomic mass is 10.1. The molecular formula is C13H16FN3O. The first-order valence-electron chi connectivity index (χ1n) is 6.00. The summed E-state index contributed by atoms with van der Waals surface area (Å²) < 4.78 is 14.8. The Hall–Kier alpha value is -1.75. The summed E-state index contributed by atoms with van der Waals surface area (Å²) in [7, 11) is 0. The maximum Gasteiger partial charge on any atom is 0.141 e. The lowest BCUT2D eigenvalue weighted by molar-refractivity contribution is 0.207. The van der Waals surface area contributed by atoms with Gasteiger partial charge in [-0.15, -0.1) is 0 Å². The number of aliphatic hydroxyl groups is 1. The topological polar surface area (TPSA) is 50.9 Å². The molecule has 0 saturated carbocycles. The van der Waals surface area contributed by atoms with Gasteiger partial charge in [0.15, 0.2) is 0 Å². The summed E-state index contributed by atoms with van der Waals surface area (Å²) in [5, 5.41) is 14.6. The molecule has 1 atom stereocenters. The molecule has 2 aromatic heterocycles. The van der Waals surface area contributed by atoms with Crippen molar-refractivity contribution in [1.29, 1.82) is 0 Å². The highest BCUT2D eigenvalue weighted by atomic mass is 19.1. The summed E-state index contributed by atoms with van der Waals surface area (Å²) in [6.07, 6.45) is 2.48. The Morgan fingerprint density at radius 2 is 2.11 bits per heavy atom. The lowest BCUT2D eigenvalue weighted by Crippen LogP contribution is -2.09. The van der Waals surface area contributed by atoms with E-state index in [1.54, 1.807) is 4.68 Å². The summed E-state index contributed by atoms with van der Waals surface area (Å²) in [5.41, 5.74) is 2.02. The minimum atomic E-state index is -0.902. The van der Waals surface area contributed by atoms with Crippen LogP contribution in [-0.2, 0) is 13.0 Å². The van der Waals surface area contributed by atoms with Gasteiger partial charge in [0.2, 0.25) is 0 Å². The van der Waals surface area contributed by atoms with Gasteiger partial charge in [-0.25, -0.2) is 4.39 Å². The van der Waals surface area contributed by atoms with Crippen molar-refractivity contribution < 1.29 is 9.50 Å². The third kappa shape index (κ3) is 2.41. The Morgan fingerprint density at radius 1 is 1.33 bits per heavy atom. The van der Waals surface area contributed by atoms with Crippen molar-refractivity contribution >= 4 is 0 Å². The van der Waals surface area contributed by atoms with Crippen LogP contribution in [0.2, 0.25) is 0 Å². The molecule has 0 saturated heterocycles. The van der Waals surface area contributed by atoms with E-state index in [1.165, 1.54) is 12.3 Å². The minimum Gasteiger partial charge on any atom is -0.382 e. The highest BCUT2D eigenvalue weighted by molar-refractivity contribution is 5.25. The number of rotatable bonds is 4. The van der Waals surface area contributed by atoms with Crippen LogP contribution in [0.1, 0.15) is 36.9 Å². The molecule has 4 nitrogen and oxygen atoms in total. The van der Waals surface area contributed by atoms with Crippen molar-refractivity contribution in [2.45, 2.75) is 32.9 Å². The van der Waals surface area contributed by atoms with E-state index in [0.29, 0.717) is 17.8 Å². The number of nitrogens with zero attached hydrogens (tertiary/aromatic N) is 3. The van der Waals surface area contributed by atoms with Gasteiger partial charge in [0, 0.05) is 18.3 Å². The molecule has 2 heterocycles. The first-order chi connectivity index (χ1) is 8.65. The van der Waals surface area contributed by atoms with Gasteiger partial charge in [0.05, 0.1) is 17.6 Å². The maximum absolute atomic E-state index is 13.1. The number of hydrogen-bond acceptors (Lipinski definition) is 3. The molecule has 0 spiro atoms. The molecule has 0 radical (unpaired) electrons. The average Bonchev–Trinajstić information content (AvgIpc) is 2.81. The number of aryl methyl sites for hydroxylation is 2. The number of pyridine rings is 1.